The molecule has 1 aromatic rings. The third-order valence-electron chi connectivity index (χ3n) is 2.60. The van der Waals surface area contributed by atoms with E-state index in [9.17, 15) is 9.90 Å². The number of aromatic nitrogens is 1. The Labute approximate surface area is 125 Å². The highest BCUT2D eigenvalue weighted by Crippen LogP contribution is 2.14. The van der Waals surface area contributed by atoms with E-state index in [0.717, 1.165) is 5.69 Å². The number of ether oxygens (including phenoxy) is 1. The molecule has 1 amide bonds. The van der Waals surface area contributed by atoms with Crippen molar-refractivity contribution in [2.24, 2.45) is 0 Å². The Bertz CT molecular complexity index is 484. The van der Waals surface area contributed by atoms with Gasteiger partial charge in [-0.15, -0.1) is 0 Å². The van der Waals surface area contributed by atoms with Crippen LogP contribution in [-0.4, -0.2) is 34.4 Å². The maximum Gasteiger partial charge on any atom is 0.407 e. The van der Waals surface area contributed by atoms with Gasteiger partial charge in [-0.1, -0.05) is 0 Å². The lowest BCUT2D eigenvalue weighted by Crippen LogP contribution is -2.42. The van der Waals surface area contributed by atoms with Crippen LogP contribution in [0.15, 0.2) is 12.1 Å². The summed E-state index contributed by atoms with van der Waals surface area (Å²) in [6.45, 7) is 10.2. The number of hydrogen-bond acceptors (Lipinski definition) is 5. The van der Waals surface area contributed by atoms with Crippen molar-refractivity contribution in [1.82, 2.24) is 15.6 Å². The van der Waals surface area contributed by atoms with Gasteiger partial charge < -0.3 is 20.5 Å². The van der Waals surface area contributed by atoms with Gasteiger partial charge >= 0.3 is 6.09 Å². The van der Waals surface area contributed by atoms with Crippen LogP contribution in [0.1, 0.15) is 39.1 Å². The molecule has 0 radical (unpaired) electrons. The Kier molecular flexibility index (Phi) is 5.96. The van der Waals surface area contributed by atoms with Crippen LogP contribution in [0.3, 0.4) is 0 Å². The van der Waals surface area contributed by atoms with E-state index in [0.29, 0.717) is 18.8 Å². The lowest BCUT2D eigenvalue weighted by Gasteiger charge is -2.22. The lowest BCUT2D eigenvalue weighted by molar-refractivity contribution is 0.0508. The molecular weight excluding hydrogens is 270 g/mol. The molecule has 3 N–H and O–H groups in total. The number of amides is 1. The first-order chi connectivity index (χ1) is 9.67. The van der Waals surface area contributed by atoms with Gasteiger partial charge in [-0.25, -0.2) is 4.79 Å². The molecule has 1 atom stereocenters. The van der Waals surface area contributed by atoms with Crippen LogP contribution in [0.2, 0.25) is 0 Å². The summed E-state index contributed by atoms with van der Waals surface area (Å²) in [5, 5.41) is 15.6. The van der Waals surface area contributed by atoms with Crippen LogP contribution < -0.4 is 10.6 Å². The van der Waals surface area contributed by atoms with Crippen molar-refractivity contribution in [2.75, 3.05) is 6.54 Å². The second-order valence-electron chi connectivity index (χ2n) is 6.10. The van der Waals surface area contributed by atoms with E-state index in [-0.39, 0.29) is 11.8 Å². The van der Waals surface area contributed by atoms with Crippen molar-refractivity contribution in [1.29, 1.82) is 0 Å². The monoisotopic (exact) mass is 295 g/mol. The van der Waals surface area contributed by atoms with Crippen LogP contribution in [-0.2, 0) is 11.3 Å². The van der Waals surface area contributed by atoms with Crippen molar-refractivity contribution in [3.63, 3.8) is 0 Å². The molecule has 21 heavy (non-hydrogen) atoms. The van der Waals surface area contributed by atoms with E-state index < -0.39 is 11.7 Å². The van der Waals surface area contributed by atoms with Crippen LogP contribution in [0, 0.1) is 6.92 Å². The minimum absolute atomic E-state index is 0.0909. The lowest BCUT2D eigenvalue weighted by atomic mass is 10.2. The van der Waals surface area contributed by atoms with Crippen LogP contribution >= 0.6 is 0 Å². The molecule has 1 unspecified atom stereocenters. The number of carbonyl (C=O) groups is 1. The average Bonchev–Trinajstić information content (AvgIpc) is 2.31. The number of carbonyl (C=O) groups excluding carboxylic acids is 1. The molecule has 0 fully saturated rings. The van der Waals surface area contributed by atoms with Gasteiger partial charge in [0, 0.05) is 24.8 Å². The van der Waals surface area contributed by atoms with Gasteiger partial charge in [0.05, 0.1) is 5.69 Å². The molecule has 0 aliphatic rings. The standard InChI is InChI=1S/C15H25N3O3/c1-10-6-7-13(19)12(17-10)9-16-8-11(2)18-14(20)21-15(3,4)5/h6-7,11,16,19H,8-9H2,1-5H3,(H,18,20). The molecule has 0 aromatic carbocycles. The molecule has 0 aliphatic heterocycles. The highest BCUT2D eigenvalue weighted by atomic mass is 16.6. The highest BCUT2D eigenvalue weighted by molar-refractivity contribution is 5.68. The van der Waals surface area contributed by atoms with E-state index in [4.69, 9.17) is 4.74 Å². The predicted molar refractivity (Wildman–Crippen MR) is 81.2 cm³/mol. The summed E-state index contributed by atoms with van der Waals surface area (Å²) in [5.74, 6) is 0.167. The summed E-state index contributed by atoms with van der Waals surface area (Å²) in [6.07, 6.45) is -0.437. The molecule has 1 rings (SSSR count). The molecule has 0 spiro atoms. The first kappa shape index (κ1) is 17.2. The smallest absolute Gasteiger partial charge is 0.407 e. The quantitative estimate of drug-likeness (QED) is 0.775. The summed E-state index contributed by atoms with van der Waals surface area (Å²) in [4.78, 5) is 15.8. The second kappa shape index (κ2) is 7.26. The van der Waals surface area contributed by atoms with Gasteiger partial charge in [0.2, 0.25) is 0 Å². The maximum atomic E-state index is 11.6. The molecule has 1 heterocycles. The molecule has 0 saturated carbocycles. The first-order valence-corrected chi connectivity index (χ1v) is 7.03. The number of pyridine rings is 1. The third kappa shape index (κ3) is 6.94. The molecule has 1 aromatic heterocycles. The summed E-state index contributed by atoms with van der Waals surface area (Å²) in [6, 6.07) is 3.29. The van der Waals surface area contributed by atoms with E-state index in [1.54, 1.807) is 12.1 Å². The molecule has 6 nitrogen and oxygen atoms in total. The zero-order valence-electron chi connectivity index (χ0n) is 13.4. The average molecular weight is 295 g/mol. The van der Waals surface area contributed by atoms with E-state index >= 15 is 0 Å². The number of aromatic hydroxyl groups is 1. The summed E-state index contributed by atoms with van der Waals surface area (Å²) in [7, 11) is 0. The predicted octanol–water partition coefficient (Wildman–Crippen LogP) is 2.10. The van der Waals surface area contributed by atoms with Crippen molar-refractivity contribution in [3.05, 3.63) is 23.5 Å². The maximum absolute atomic E-state index is 11.6. The zero-order chi connectivity index (χ0) is 16.0. The topological polar surface area (TPSA) is 83.5 Å². The van der Waals surface area contributed by atoms with Gasteiger partial charge in [0.25, 0.3) is 0 Å². The van der Waals surface area contributed by atoms with Gasteiger partial charge in [0.1, 0.15) is 11.4 Å². The third-order valence-corrected chi connectivity index (χ3v) is 2.60. The number of rotatable bonds is 5. The summed E-state index contributed by atoms with van der Waals surface area (Å²) < 4.78 is 5.18. The van der Waals surface area contributed by atoms with E-state index in [2.05, 4.69) is 15.6 Å². The fraction of sp³-hybridized carbons (Fsp3) is 0.600. The van der Waals surface area contributed by atoms with Gasteiger partial charge in [-0.3, -0.25) is 4.98 Å². The Hall–Kier alpha value is -1.82. The Morgan fingerprint density at radius 1 is 1.43 bits per heavy atom. The van der Waals surface area contributed by atoms with Gasteiger partial charge in [-0.05, 0) is 46.8 Å². The summed E-state index contributed by atoms with van der Waals surface area (Å²) >= 11 is 0. The molecule has 0 saturated heterocycles. The second-order valence-corrected chi connectivity index (χ2v) is 6.10. The molecule has 0 aliphatic carbocycles. The Balaban J connectivity index is 2.35. The van der Waals surface area contributed by atoms with E-state index in [1.165, 1.54) is 0 Å². The number of nitrogens with zero attached hydrogens (tertiary/aromatic N) is 1. The first-order valence-electron chi connectivity index (χ1n) is 7.03. The molecule has 118 valence electrons. The Morgan fingerprint density at radius 2 is 2.10 bits per heavy atom. The van der Waals surface area contributed by atoms with Crippen molar-refractivity contribution in [3.8, 4) is 5.75 Å². The molecular formula is C15H25N3O3. The molecule has 6 heteroatoms. The largest absolute Gasteiger partial charge is 0.506 e. The minimum atomic E-state index is -0.505. The highest BCUT2D eigenvalue weighted by Gasteiger charge is 2.17. The van der Waals surface area contributed by atoms with Gasteiger partial charge in [-0.2, -0.15) is 0 Å². The van der Waals surface area contributed by atoms with Crippen LogP contribution in [0.5, 0.6) is 5.75 Å². The SMILES string of the molecule is Cc1ccc(O)c(CNCC(C)NC(=O)OC(C)(C)C)n1. The van der Waals surface area contributed by atoms with Crippen LogP contribution in [0.25, 0.3) is 0 Å². The number of nitrogens with one attached hydrogen (secondary N) is 2. The van der Waals surface area contributed by atoms with Gasteiger partial charge in [0.15, 0.2) is 0 Å². The normalized spacial score (nSPS) is 12.8. The number of aryl methyl sites for hydroxylation is 1. The Morgan fingerprint density at radius 3 is 2.71 bits per heavy atom. The van der Waals surface area contributed by atoms with E-state index in [1.807, 2.05) is 34.6 Å². The van der Waals surface area contributed by atoms with Crippen molar-refractivity contribution < 1.29 is 14.6 Å². The number of alkyl carbamates (subject to hydrolysis) is 1. The number of hydrogen-bond donors (Lipinski definition) is 3. The zero-order valence-corrected chi connectivity index (χ0v) is 13.4. The fourth-order valence-electron chi connectivity index (χ4n) is 1.70. The summed E-state index contributed by atoms with van der Waals surface area (Å²) in [5.41, 5.74) is 0.943. The minimum Gasteiger partial charge on any atom is -0.506 e. The van der Waals surface area contributed by atoms with Crippen LogP contribution in [0.4, 0.5) is 4.79 Å². The molecule has 0 bridgehead atoms. The fourth-order valence-corrected chi connectivity index (χ4v) is 1.70. The van der Waals surface area contributed by atoms with Crippen molar-refractivity contribution >= 4 is 6.09 Å². The van der Waals surface area contributed by atoms with Crippen molar-refractivity contribution in [2.45, 2.75) is 52.8 Å².